The molecule has 1 aliphatic heterocycles. The normalized spacial score (nSPS) is 18.1. The van der Waals surface area contributed by atoms with Gasteiger partial charge in [0.15, 0.2) is 5.96 Å². The predicted octanol–water partition coefficient (Wildman–Crippen LogP) is 2.62. The third-order valence-corrected chi connectivity index (χ3v) is 4.07. The summed E-state index contributed by atoms with van der Waals surface area (Å²) in [6.45, 7) is 11.0. The van der Waals surface area contributed by atoms with Crippen LogP contribution in [0.15, 0.2) is 40.0 Å². The number of ether oxygens (including phenoxy) is 1. The van der Waals surface area contributed by atoms with Gasteiger partial charge in [-0.2, -0.15) is 0 Å². The Kier molecular flexibility index (Phi) is 7.57. The van der Waals surface area contributed by atoms with E-state index < -0.39 is 0 Å². The Hall–Kier alpha value is -2.24. The molecule has 0 aliphatic carbocycles. The summed E-state index contributed by atoms with van der Waals surface area (Å²) in [6.07, 6.45) is 4.29. The second-order valence-corrected chi connectivity index (χ2v) is 6.39. The number of nitrogens with zero attached hydrogens (tertiary/aromatic N) is 2. The topological polar surface area (TPSA) is 67.1 Å². The number of furan rings is 1. The second-order valence-electron chi connectivity index (χ2n) is 6.39. The predicted molar refractivity (Wildman–Crippen MR) is 98.5 cm³/mol. The fourth-order valence-corrected chi connectivity index (χ4v) is 2.85. The number of aliphatic imine (C=N–C) groups is 1. The summed E-state index contributed by atoms with van der Waals surface area (Å²) in [5.74, 6) is 1.57. The first-order valence-corrected chi connectivity index (χ1v) is 8.96. The number of rotatable bonds is 7. The van der Waals surface area contributed by atoms with E-state index in [0.717, 1.165) is 49.6 Å². The number of guanidine groups is 1. The van der Waals surface area contributed by atoms with E-state index in [1.807, 2.05) is 26.0 Å². The summed E-state index contributed by atoms with van der Waals surface area (Å²) < 4.78 is 10.6. The third kappa shape index (κ3) is 6.29. The maximum atomic E-state index is 12.1. The molecule has 1 aromatic heterocycles. The van der Waals surface area contributed by atoms with E-state index in [4.69, 9.17) is 9.15 Å². The molecule has 6 heteroatoms. The van der Waals surface area contributed by atoms with E-state index in [0.29, 0.717) is 19.7 Å². The molecule has 1 aliphatic rings. The van der Waals surface area contributed by atoms with Crippen LogP contribution in [0.3, 0.4) is 0 Å². The SMILES string of the molecule is C=C(C)CN=C(NCCc1ccco1)N1CCCC(C(=O)OCC)C1. The van der Waals surface area contributed by atoms with Crippen LogP contribution in [0.4, 0.5) is 0 Å². The lowest BCUT2D eigenvalue weighted by atomic mass is 9.98. The van der Waals surface area contributed by atoms with Crippen molar-refractivity contribution in [3.05, 3.63) is 36.3 Å². The van der Waals surface area contributed by atoms with Crippen molar-refractivity contribution in [2.24, 2.45) is 10.9 Å². The van der Waals surface area contributed by atoms with E-state index in [-0.39, 0.29) is 11.9 Å². The lowest BCUT2D eigenvalue weighted by molar-refractivity contribution is -0.149. The largest absolute Gasteiger partial charge is 0.469 e. The van der Waals surface area contributed by atoms with Gasteiger partial charge in [0.2, 0.25) is 0 Å². The molecule has 1 aromatic rings. The first-order valence-electron chi connectivity index (χ1n) is 8.96. The first kappa shape index (κ1) is 19.1. The Morgan fingerprint density at radius 3 is 3.08 bits per heavy atom. The van der Waals surface area contributed by atoms with Crippen LogP contribution in [-0.4, -0.2) is 49.6 Å². The first-order chi connectivity index (χ1) is 12.1. The highest BCUT2D eigenvalue weighted by molar-refractivity contribution is 5.81. The quantitative estimate of drug-likeness (QED) is 0.355. The number of carbonyl (C=O) groups is 1. The van der Waals surface area contributed by atoms with Crippen molar-refractivity contribution in [3.63, 3.8) is 0 Å². The van der Waals surface area contributed by atoms with Gasteiger partial charge in [-0.05, 0) is 38.8 Å². The average Bonchev–Trinajstić information content (AvgIpc) is 3.11. The maximum Gasteiger partial charge on any atom is 0.310 e. The molecule has 2 rings (SSSR count). The monoisotopic (exact) mass is 347 g/mol. The van der Waals surface area contributed by atoms with Gasteiger partial charge < -0.3 is 19.4 Å². The highest BCUT2D eigenvalue weighted by Gasteiger charge is 2.28. The van der Waals surface area contributed by atoms with Gasteiger partial charge in [-0.1, -0.05) is 12.2 Å². The molecule has 1 atom stereocenters. The molecular formula is C19H29N3O3. The Labute approximate surface area is 149 Å². The highest BCUT2D eigenvalue weighted by atomic mass is 16.5. The van der Waals surface area contributed by atoms with E-state index in [1.165, 1.54) is 0 Å². The van der Waals surface area contributed by atoms with Crippen LogP contribution in [0, 0.1) is 5.92 Å². The lowest BCUT2D eigenvalue weighted by Gasteiger charge is -2.34. The van der Waals surface area contributed by atoms with Crippen LogP contribution in [0.2, 0.25) is 0 Å². The zero-order valence-corrected chi connectivity index (χ0v) is 15.3. The van der Waals surface area contributed by atoms with E-state index >= 15 is 0 Å². The molecular weight excluding hydrogens is 318 g/mol. The molecule has 1 unspecified atom stereocenters. The second kappa shape index (κ2) is 9.91. The van der Waals surface area contributed by atoms with Gasteiger partial charge in [0.25, 0.3) is 0 Å². The number of likely N-dealkylation sites (tertiary alicyclic amines) is 1. The molecule has 0 bridgehead atoms. The summed E-state index contributed by atoms with van der Waals surface area (Å²) in [7, 11) is 0. The number of piperidine rings is 1. The third-order valence-electron chi connectivity index (χ3n) is 4.07. The van der Waals surface area contributed by atoms with Crippen molar-refractivity contribution < 1.29 is 13.9 Å². The number of hydrogen-bond acceptors (Lipinski definition) is 4. The molecule has 2 heterocycles. The zero-order valence-electron chi connectivity index (χ0n) is 15.3. The van der Waals surface area contributed by atoms with Crippen molar-refractivity contribution in [3.8, 4) is 0 Å². The number of carbonyl (C=O) groups excluding carboxylic acids is 1. The summed E-state index contributed by atoms with van der Waals surface area (Å²) in [5.41, 5.74) is 1.00. The molecule has 25 heavy (non-hydrogen) atoms. The molecule has 0 saturated carbocycles. The smallest absolute Gasteiger partial charge is 0.310 e. The van der Waals surface area contributed by atoms with Gasteiger partial charge >= 0.3 is 5.97 Å². The van der Waals surface area contributed by atoms with Crippen molar-refractivity contribution >= 4 is 11.9 Å². The van der Waals surface area contributed by atoms with Crippen LogP contribution >= 0.6 is 0 Å². The van der Waals surface area contributed by atoms with Crippen molar-refractivity contribution in [1.82, 2.24) is 10.2 Å². The molecule has 1 saturated heterocycles. The fourth-order valence-electron chi connectivity index (χ4n) is 2.85. The minimum Gasteiger partial charge on any atom is -0.469 e. The Bertz CT molecular complexity index is 581. The summed E-state index contributed by atoms with van der Waals surface area (Å²) in [5, 5.41) is 3.40. The molecule has 0 aromatic carbocycles. The van der Waals surface area contributed by atoms with Crippen LogP contribution in [-0.2, 0) is 16.0 Å². The zero-order chi connectivity index (χ0) is 18.1. The lowest BCUT2D eigenvalue weighted by Crippen LogP contribution is -2.48. The van der Waals surface area contributed by atoms with Gasteiger partial charge in [-0.15, -0.1) is 0 Å². The van der Waals surface area contributed by atoms with Crippen molar-refractivity contribution in [2.75, 3.05) is 32.8 Å². The number of esters is 1. The van der Waals surface area contributed by atoms with Crippen molar-refractivity contribution in [1.29, 1.82) is 0 Å². The molecule has 138 valence electrons. The molecule has 0 radical (unpaired) electrons. The van der Waals surface area contributed by atoms with E-state index in [9.17, 15) is 4.79 Å². The average molecular weight is 347 g/mol. The van der Waals surface area contributed by atoms with E-state index in [2.05, 4.69) is 21.8 Å². The van der Waals surface area contributed by atoms with E-state index in [1.54, 1.807) is 6.26 Å². The Morgan fingerprint density at radius 1 is 1.56 bits per heavy atom. The molecule has 0 spiro atoms. The van der Waals surface area contributed by atoms with Gasteiger partial charge in [-0.25, -0.2) is 4.99 Å². The van der Waals surface area contributed by atoms with Gasteiger partial charge in [0, 0.05) is 26.1 Å². The minimum absolute atomic E-state index is 0.0874. The van der Waals surface area contributed by atoms with Crippen LogP contribution in [0.5, 0.6) is 0 Å². The van der Waals surface area contributed by atoms with Crippen LogP contribution < -0.4 is 5.32 Å². The van der Waals surface area contributed by atoms with Gasteiger partial charge in [0.05, 0.1) is 25.3 Å². The van der Waals surface area contributed by atoms with Crippen LogP contribution in [0.25, 0.3) is 0 Å². The summed E-state index contributed by atoms with van der Waals surface area (Å²) in [4.78, 5) is 18.9. The minimum atomic E-state index is -0.109. The highest BCUT2D eigenvalue weighted by Crippen LogP contribution is 2.18. The molecule has 0 amide bonds. The van der Waals surface area contributed by atoms with Crippen molar-refractivity contribution in [2.45, 2.75) is 33.1 Å². The van der Waals surface area contributed by atoms with Gasteiger partial charge in [-0.3, -0.25) is 4.79 Å². The van der Waals surface area contributed by atoms with Crippen LogP contribution in [0.1, 0.15) is 32.4 Å². The Morgan fingerprint density at radius 2 is 2.40 bits per heavy atom. The fraction of sp³-hybridized carbons (Fsp3) is 0.579. The summed E-state index contributed by atoms with van der Waals surface area (Å²) >= 11 is 0. The molecule has 6 nitrogen and oxygen atoms in total. The maximum absolute atomic E-state index is 12.1. The Balaban J connectivity index is 1.96. The number of hydrogen-bond donors (Lipinski definition) is 1. The molecule has 1 N–H and O–H groups in total. The standard InChI is InChI=1S/C19H29N3O3/c1-4-24-18(23)16-7-5-11-22(14-16)19(21-13-15(2)3)20-10-9-17-8-6-12-25-17/h6,8,12,16H,2,4-5,7,9-11,13-14H2,1,3H3,(H,20,21). The van der Waals surface area contributed by atoms with Gasteiger partial charge in [0.1, 0.15) is 5.76 Å². The number of nitrogens with one attached hydrogen (secondary N) is 1. The summed E-state index contributed by atoms with van der Waals surface area (Å²) in [6, 6.07) is 3.85. The molecule has 1 fully saturated rings.